The predicted molar refractivity (Wildman–Crippen MR) is 81.3 cm³/mol. The molecule has 0 bridgehead atoms. The van der Waals surface area contributed by atoms with Crippen molar-refractivity contribution in [2.45, 2.75) is 37.8 Å². The minimum Gasteiger partial charge on any atom is -0.507 e. The maximum atomic E-state index is 10.1. The Kier molecular flexibility index (Phi) is 4.55. The van der Waals surface area contributed by atoms with E-state index in [1.165, 1.54) is 19.3 Å². The summed E-state index contributed by atoms with van der Waals surface area (Å²) in [6, 6.07) is 5.60. The van der Waals surface area contributed by atoms with Gasteiger partial charge in [0.05, 0.1) is 7.11 Å². The smallest absolute Gasteiger partial charge is 0.124 e. The molecule has 1 fully saturated rings. The topological polar surface area (TPSA) is 44.7 Å². The lowest BCUT2D eigenvalue weighted by Crippen LogP contribution is -2.56. The average molecular weight is 278 g/mol. The standard InChI is InChI=1S/C16H26N2O2/c1-12(14-7-6-13(20-4)10-15(14)19)17-11-16(18(2)3)8-5-9-16/h6-7,10,12,17,19H,5,8-9,11H2,1-4H3. The van der Waals surface area contributed by atoms with Gasteiger partial charge in [0.15, 0.2) is 0 Å². The van der Waals surface area contributed by atoms with Crippen LogP contribution in [-0.4, -0.2) is 43.3 Å². The zero-order valence-electron chi connectivity index (χ0n) is 12.9. The van der Waals surface area contributed by atoms with E-state index < -0.39 is 0 Å². The van der Waals surface area contributed by atoms with Crippen LogP contribution in [0.25, 0.3) is 0 Å². The number of ether oxygens (including phenoxy) is 1. The van der Waals surface area contributed by atoms with Gasteiger partial charge < -0.3 is 20.1 Å². The van der Waals surface area contributed by atoms with Gasteiger partial charge in [-0.1, -0.05) is 6.07 Å². The largest absolute Gasteiger partial charge is 0.507 e. The van der Waals surface area contributed by atoms with Gasteiger partial charge in [0.1, 0.15) is 11.5 Å². The molecule has 112 valence electrons. The fraction of sp³-hybridized carbons (Fsp3) is 0.625. The normalized spacial score (nSPS) is 18.6. The first-order chi connectivity index (χ1) is 9.48. The summed E-state index contributed by atoms with van der Waals surface area (Å²) in [6.07, 6.45) is 3.80. The van der Waals surface area contributed by atoms with E-state index in [0.29, 0.717) is 5.75 Å². The van der Waals surface area contributed by atoms with Gasteiger partial charge in [-0.25, -0.2) is 0 Å². The summed E-state index contributed by atoms with van der Waals surface area (Å²) in [4.78, 5) is 2.32. The number of benzene rings is 1. The van der Waals surface area contributed by atoms with Crippen LogP contribution in [0.4, 0.5) is 0 Å². The monoisotopic (exact) mass is 278 g/mol. The van der Waals surface area contributed by atoms with Crippen LogP contribution >= 0.6 is 0 Å². The van der Waals surface area contributed by atoms with E-state index in [1.807, 2.05) is 12.1 Å². The van der Waals surface area contributed by atoms with Crippen LogP contribution < -0.4 is 10.1 Å². The number of nitrogens with one attached hydrogen (secondary N) is 1. The van der Waals surface area contributed by atoms with Crippen molar-refractivity contribution in [3.05, 3.63) is 23.8 Å². The third-order valence-corrected chi connectivity index (χ3v) is 4.67. The molecule has 1 aliphatic rings. The van der Waals surface area contributed by atoms with Gasteiger partial charge in [-0.3, -0.25) is 0 Å². The molecule has 1 aromatic carbocycles. The maximum Gasteiger partial charge on any atom is 0.124 e. The molecule has 0 spiro atoms. The molecule has 2 N–H and O–H groups in total. The Morgan fingerprint density at radius 1 is 1.40 bits per heavy atom. The lowest BCUT2D eigenvalue weighted by atomic mass is 9.75. The molecule has 4 heteroatoms. The molecule has 0 aromatic heterocycles. The summed E-state index contributed by atoms with van der Waals surface area (Å²) in [5.41, 5.74) is 1.20. The van der Waals surface area contributed by atoms with Crippen LogP contribution in [0.2, 0.25) is 0 Å². The maximum absolute atomic E-state index is 10.1. The number of nitrogens with zero attached hydrogens (tertiary/aromatic N) is 1. The molecular formula is C16H26N2O2. The first kappa shape index (κ1) is 15.1. The Labute approximate surface area is 121 Å². The lowest BCUT2D eigenvalue weighted by molar-refractivity contribution is 0.0575. The van der Waals surface area contributed by atoms with Crippen LogP contribution in [0.3, 0.4) is 0 Å². The molecule has 1 aromatic rings. The zero-order valence-corrected chi connectivity index (χ0v) is 12.9. The second kappa shape index (κ2) is 6.02. The highest BCUT2D eigenvalue weighted by molar-refractivity contribution is 5.41. The van der Waals surface area contributed by atoms with Gasteiger partial charge in [-0.2, -0.15) is 0 Å². The fourth-order valence-corrected chi connectivity index (χ4v) is 2.84. The van der Waals surface area contributed by atoms with Crippen LogP contribution in [0.5, 0.6) is 11.5 Å². The van der Waals surface area contributed by atoms with Crippen molar-refractivity contribution in [1.82, 2.24) is 10.2 Å². The van der Waals surface area contributed by atoms with E-state index in [4.69, 9.17) is 4.74 Å². The molecule has 20 heavy (non-hydrogen) atoms. The number of phenols is 1. The van der Waals surface area contributed by atoms with Crippen molar-refractivity contribution < 1.29 is 9.84 Å². The van der Waals surface area contributed by atoms with Crippen LogP contribution in [0.1, 0.15) is 37.8 Å². The molecule has 0 radical (unpaired) electrons. The third-order valence-electron chi connectivity index (χ3n) is 4.67. The summed E-state index contributed by atoms with van der Waals surface area (Å²) in [5, 5.41) is 13.6. The van der Waals surface area contributed by atoms with Crippen molar-refractivity contribution in [1.29, 1.82) is 0 Å². The summed E-state index contributed by atoms with van der Waals surface area (Å²) < 4.78 is 5.11. The van der Waals surface area contributed by atoms with Gasteiger partial charge >= 0.3 is 0 Å². The number of methoxy groups -OCH3 is 1. The molecular weight excluding hydrogens is 252 g/mol. The third kappa shape index (κ3) is 2.91. The molecule has 4 nitrogen and oxygen atoms in total. The Morgan fingerprint density at radius 3 is 2.55 bits per heavy atom. The van der Waals surface area contributed by atoms with E-state index in [0.717, 1.165) is 12.1 Å². The fourth-order valence-electron chi connectivity index (χ4n) is 2.84. The second-order valence-electron chi connectivity index (χ2n) is 6.00. The minimum atomic E-state index is 0.123. The second-order valence-corrected chi connectivity index (χ2v) is 6.00. The van der Waals surface area contributed by atoms with Crippen molar-refractivity contribution in [3.63, 3.8) is 0 Å². The highest BCUT2D eigenvalue weighted by atomic mass is 16.5. The first-order valence-corrected chi connectivity index (χ1v) is 7.26. The van der Waals surface area contributed by atoms with E-state index in [2.05, 4.69) is 31.2 Å². The molecule has 1 atom stereocenters. The van der Waals surface area contributed by atoms with E-state index in [9.17, 15) is 5.11 Å². The Hall–Kier alpha value is -1.26. The van der Waals surface area contributed by atoms with Crippen molar-refractivity contribution in [3.8, 4) is 11.5 Å². The van der Waals surface area contributed by atoms with E-state index >= 15 is 0 Å². The van der Waals surface area contributed by atoms with Gasteiger partial charge in [-0.05, 0) is 46.3 Å². The molecule has 1 unspecified atom stereocenters. The van der Waals surface area contributed by atoms with Crippen LogP contribution in [-0.2, 0) is 0 Å². The highest BCUT2D eigenvalue weighted by Crippen LogP contribution is 2.36. The summed E-state index contributed by atoms with van der Waals surface area (Å²) >= 11 is 0. The highest BCUT2D eigenvalue weighted by Gasteiger charge is 2.38. The van der Waals surface area contributed by atoms with Crippen molar-refractivity contribution >= 4 is 0 Å². The molecule has 0 heterocycles. The number of phenolic OH excluding ortho intramolecular Hbond substituents is 1. The van der Waals surface area contributed by atoms with Crippen LogP contribution in [0.15, 0.2) is 18.2 Å². The van der Waals surface area contributed by atoms with Crippen molar-refractivity contribution in [2.75, 3.05) is 27.7 Å². The molecule has 0 amide bonds. The number of hydrogen-bond donors (Lipinski definition) is 2. The zero-order chi connectivity index (χ0) is 14.8. The number of aromatic hydroxyl groups is 1. The Balaban J connectivity index is 2.00. The van der Waals surface area contributed by atoms with E-state index in [1.54, 1.807) is 13.2 Å². The van der Waals surface area contributed by atoms with Gasteiger partial charge in [0.25, 0.3) is 0 Å². The van der Waals surface area contributed by atoms with Gasteiger partial charge in [-0.15, -0.1) is 0 Å². The lowest BCUT2D eigenvalue weighted by Gasteiger charge is -2.48. The SMILES string of the molecule is COc1ccc(C(C)NCC2(N(C)C)CCC2)c(O)c1. The van der Waals surface area contributed by atoms with Crippen LogP contribution in [0, 0.1) is 0 Å². The Morgan fingerprint density at radius 2 is 2.10 bits per heavy atom. The van der Waals surface area contributed by atoms with Gasteiger partial charge in [0.2, 0.25) is 0 Å². The number of hydrogen-bond acceptors (Lipinski definition) is 4. The summed E-state index contributed by atoms with van der Waals surface area (Å²) in [7, 11) is 5.90. The first-order valence-electron chi connectivity index (χ1n) is 7.26. The molecule has 2 rings (SSSR count). The minimum absolute atomic E-state index is 0.123. The molecule has 0 saturated heterocycles. The predicted octanol–water partition coefficient (Wildman–Crippen LogP) is 2.54. The molecule has 0 aliphatic heterocycles. The van der Waals surface area contributed by atoms with E-state index in [-0.39, 0.29) is 17.3 Å². The molecule has 1 aliphatic carbocycles. The van der Waals surface area contributed by atoms with Gasteiger partial charge in [0, 0.05) is 29.8 Å². The summed E-state index contributed by atoms with van der Waals surface area (Å²) in [5.74, 6) is 0.971. The van der Waals surface area contributed by atoms with Crippen molar-refractivity contribution in [2.24, 2.45) is 0 Å². The molecule has 1 saturated carbocycles. The number of likely N-dealkylation sites (N-methyl/N-ethyl adjacent to an activating group) is 1. The summed E-state index contributed by atoms with van der Waals surface area (Å²) in [6.45, 7) is 3.04. The number of rotatable bonds is 6. The Bertz CT molecular complexity index is 456. The average Bonchev–Trinajstić information content (AvgIpc) is 2.36. The quantitative estimate of drug-likeness (QED) is 0.839.